The molecular weight excluding hydrogens is 299 g/mol. The van der Waals surface area contributed by atoms with Crippen molar-refractivity contribution in [2.75, 3.05) is 33.7 Å². The molecule has 0 saturated heterocycles. The van der Waals surface area contributed by atoms with Gasteiger partial charge in [0.1, 0.15) is 0 Å². The first-order chi connectivity index (χ1) is 9.21. The van der Waals surface area contributed by atoms with E-state index in [-0.39, 0.29) is 0 Å². The molecule has 4 nitrogen and oxygen atoms in total. The van der Waals surface area contributed by atoms with Gasteiger partial charge in [-0.25, -0.2) is 0 Å². The quantitative estimate of drug-likeness (QED) is 0.718. The van der Waals surface area contributed by atoms with E-state index in [0.717, 1.165) is 0 Å². The molecule has 0 spiro atoms. The second-order valence-corrected chi connectivity index (χ2v) is 6.39. The van der Waals surface area contributed by atoms with Gasteiger partial charge in [-0.15, -0.1) is 0 Å². The van der Waals surface area contributed by atoms with Gasteiger partial charge in [0, 0.05) is 35.2 Å². The van der Waals surface area contributed by atoms with Crippen molar-refractivity contribution in [3.63, 3.8) is 0 Å². The second-order valence-electron chi connectivity index (χ2n) is 5.55. The Morgan fingerprint density at radius 1 is 1.35 bits per heavy atom. The van der Waals surface area contributed by atoms with Crippen LogP contribution in [-0.2, 0) is 0 Å². The molecule has 1 rings (SSSR count). The number of hydrogen-bond acceptors (Lipinski definition) is 4. The highest BCUT2D eigenvalue weighted by molar-refractivity contribution is 6.33. The van der Waals surface area contributed by atoms with E-state index in [0.29, 0.717) is 35.2 Å². The minimum atomic E-state index is -0.860. The van der Waals surface area contributed by atoms with Gasteiger partial charge in [0.05, 0.1) is 11.7 Å². The van der Waals surface area contributed by atoms with Crippen LogP contribution in [0.4, 0.5) is 0 Å². The van der Waals surface area contributed by atoms with Gasteiger partial charge in [-0.05, 0) is 39.2 Å². The monoisotopic (exact) mass is 320 g/mol. The maximum absolute atomic E-state index is 10.1. The van der Waals surface area contributed by atoms with Crippen LogP contribution in [-0.4, -0.2) is 54.4 Å². The molecule has 0 heterocycles. The van der Waals surface area contributed by atoms with Gasteiger partial charge >= 0.3 is 0 Å². The third kappa shape index (κ3) is 5.95. The van der Waals surface area contributed by atoms with Crippen LogP contribution in [0.15, 0.2) is 18.2 Å². The van der Waals surface area contributed by atoms with Gasteiger partial charge in [-0.3, -0.25) is 0 Å². The Morgan fingerprint density at radius 2 is 2.00 bits per heavy atom. The van der Waals surface area contributed by atoms with E-state index in [1.54, 1.807) is 25.1 Å². The molecule has 0 radical (unpaired) electrons. The zero-order valence-electron chi connectivity index (χ0n) is 12.0. The second kappa shape index (κ2) is 7.59. The van der Waals surface area contributed by atoms with Crippen LogP contribution in [0.5, 0.6) is 0 Å². The first-order valence-corrected chi connectivity index (χ1v) is 7.18. The van der Waals surface area contributed by atoms with Crippen molar-refractivity contribution in [3.8, 4) is 0 Å². The van der Waals surface area contributed by atoms with Crippen LogP contribution in [0.2, 0.25) is 10.0 Å². The number of nitrogens with zero attached hydrogens (tertiary/aromatic N) is 1. The fourth-order valence-electron chi connectivity index (χ4n) is 2.10. The van der Waals surface area contributed by atoms with Gasteiger partial charge in [0.2, 0.25) is 0 Å². The summed E-state index contributed by atoms with van der Waals surface area (Å²) < 4.78 is 0. The van der Waals surface area contributed by atoms with Crippen molar-refractivity contribution in [3.05, 3.63) is 33.8 Å². The molecule has 0 saturated carbocycles. The standard InChI is InChI=1S/C14H22Cl2N2O2/c1-14(20,9-18(2)3)8-17-7-13(19)11-6-10(15)4-5-12(11)16/h4-6,13,17,19-20H,7-9H2,1-3H3. The topological polar surface area (TPSA) is 55.7 Å². The highest BCUT2D eigenvalue weighted by Gasteiger charge is 2.21. The maximum atomic E-state index is 10.1. The summed E-state index contributed by atoms with van der Waals surface area (Å²) in [5, 5.41) is 24.3. The highest BCUT2D eigenvalue weighted by Crippen LogP contribution is 2.26. The van der Waals surface area contributed by atoms with E-state index in [9.17, 15) is 10.2 Å². The molecule has 114 valence electrons. The summed E-state index contributed by atoms with van der Waals surface area (Å²) in [6, 6.07) is 4.98. The van der Waals surface area contributed by atoms with Gasteiger partial charge in [0.25, 0.3) is 0 Å². The largest absolute Gasteiger partial charge is 0.388 e. The molecule has 0 bridgehead atoms. The Morgan fingerprint density at radius 3 is 2.60 bits per heavy atom. The molecule has 1 aromatic carbocycles. The van der Waals surface area contributed by atoms with E-state index >= 15 is 0 Å². The lowest BCUT2D eigenvalue weighted by molar-refractivity contribution is 0.0308. The Hall–Kier alpha value is -0.360. The smallest absolute Gasteiger partial charge is 0.0929 e. The molecule has 0 aliphatic rings. The van der Waals surface area contributed by atoms with Crippen molar-refractivity contribution >= 4 is 23.2 Å². The van der Waals surface area contributed by atoms with Crippen molar-refractivity contribution in [1.29, 1.82) is 0 Å². The third-order valence-corrected chi connectivity index (χ3v) is 3.40. The molecule has 20 heavy (non-hydrogen) atoms. The Kier molecular flexibility index (Phi) is 6.72. The number of aliphatic hydroxyl groups is 2. The maximum Gasteiger partial charge on any atom is 0.0929 e. The molecule has 3 N–H and O–H groups in total. The summed E-state index contributed by atoms with van der Waals surface area (Å²) in [5.74, 6) is 0. The molecule has 0 amide bonds. The number of aliphatic hydroxyl groups excluding tert-OH is 1. The predicted molar refractivity (Wildman–Crippen MR) is 83.5 cm³/mol. The zero-order valence-corrected chi connectivity index (χ0v) is 13.5. The van der Waals surface area contributed by atoms with E-state index in [4.69, 9.17) is 23.2 Å². The van der Waals surface area contributed by atoms with Gasteiger partial charge in [0.15, 0.2) is 0 Å². The first kappa shape index (κ1) is 17.7. The normalized spacial score (nSPS) is 16.2. The summed E-state index contributed by atoms with van der Waals surface area (Å²) in [5.41, 5.74) is -0.277. The number of hydrogen-bond donors (Lipinski definition) is 3. The van der Waals surface area contributed by atoms with Gasteiger partial charge < -0.3 is 20.4 Å². The molecule has 0 aliphatic carbocycles. The fourth-order valence-corrected chi connectivity index (χ4v) is 2.52. The summed E-state index contributed by atoms with van der Waals surface area (Å²) in [7, 11) is 3.80. The van der Waals surface area contributed by atoms with Gasteiger partial charge in [-0.2, -0.15) is 0 Å². The van der Waals surface area contributed by atoms with Crippen LogP contribution in [0.1, 0.15) is 18.6 Å². The average molecular weight is 321 g/mol. The van der Waals surface area contributed by atoms with Crippen LogP contribution in [0.25, 0.3) is 0 Å². The lowest BCUT2D eigenvalue weighted by Crippen LogP contribution is -2.46. The first-order valence-electron chi connectivity index (χ1n) is 6.42. The van der Waals surface area contributed by atoms with E-state index in [1.165, 1.54) is 0 Å². The van der Waals surface area contributed by atoms with Crippen molar-refractivity contribution in [2.45, 2.75) is 18.6 Å². The SMILES string of the molecule is CN(C)CC(C)(O)CNCC(O)c1cc(Cl)ccc1Cl. The molecule has 6 heteroatoms. The molecular formula is C14H22Cl2N2O2. The molecule has 2 atom stereocenters. The van der Waals surface area contributed by atoms with Crippen LogP contribution < -0.4 is 5.32 Å². The molecule has 0 aromatic heterocycles. The number of benzene rings is 1. The Labute approximate surface area is 130 Å². The fraction of sp³-hybridized carbons (Fsp3) is 0.571. The van der Waals surface area contributed by atoms with Crippen molar-refractivity contribution in [2.24, 2.45) is 0 Å². The lowest BCUT2D eigenvalue weighted by atomic mass is 10.1. The van der Waals surface area contributed by atoms with Crippen molar-refractivity contribution in [1.82, 2.24) is 10.2 Å². The lowest BCUT2D eigenvalue weighted by Gasteiger charge is -2.27. The van der Waals surface area contributed by atoms with Crippen LogP contribution in [0.3, 0.4) is 0 Å². The van der Waals surface area contributed by atoms with E-state index < -0.39 is 11.7 Å². The number of likely N-dealkylation sites (N-methyl/N-ethyl adjacent to an activating group) is 1. The third-order valence-electron chi connectivity index (χ3n) is 2.82. The predicted octanol–water partition coefficient (Wildman–Crippen LogP) is 1.93. The molecule has 0 fully saturated rings. The Balaban J connectivity index is 2.51. The summed E-state index contributed by atoms with van der Waals surface area (Å²) >= 11 is 11.9. The number of halogens is 2. The number of nitrogens with one attached hydrogen (secondary N) is 1. The summed E-state index contributed by atoms with van der Waals surface area (Å²) in [6.07, 6.45) is -0.767. The average Bonchev–Trinajstić information content (AvgIpc) is 2.30. The summed E-state index contributed by atoms with van der Waals surface area (Å²) in [6.45, 7) is 2.96. The van der Waals surface area contributed by atoms with Crippen LogP contribution >= 0.6 is 23.2 Å². The van der Waals surface area contributed by atoms with E-state index in [1.807, 2.05) is 19.0 Å². The number of rotatable bonds is 7. The van der Waals surface area contributed by atoms with Crippen molar-refractivity contribution < 1.29 is 10.2 Å². The van der Waals surface area contributed by atoms with E-state index in [2.05, 4.69) is 5.32 Å². The molecule has 0 aliphatic heterocycles. The summed E-state index contributed by atoms with van der Waals surface area (Å²) in [4.78, 5) is 1.91. The molecule has 2 unspecified atom stereocenters. The molecule has 1 aromatic rings. The zero-order chi connectivity index (χ0) is 15.3. The van der Waals surface area contributed by atoms with Crippen LogP contribution in [0, 0.1) is 0 Å². The van der Waals surface area contributed by atoms with Gasteiger partial charge in [-0.1, -0.05) is 23.2 Å². The minimum Gasteiger partial charge on any atom is -0.388 e. The highest BCUT2D eigenvalue weighted by atomic mass is 35.5. The minimum absolute atomic E-state index is 0.295. The Bertz CT molecular complexity index is 439.